The molecule has 0 unspecified atom stereocenters. The zero-order chi connectivity index (χ0) is 14.7. The quantitative estimate of drug-likeness (QED) is 0.943. The Labute approximate surface area is 126 Å². The van der Waals surface area contributed by atoms with Crippen molar-refractivity contribution in [3.63, 3.8) is 0 Å². The Morgan fingerprint density at radius 2 is 2.05 bits per heavy atom. The van der Waals surface area contributed by atoms with Gasteiger partial charge >= 0.3 is 0 Å². The summed E-state index contributed by atoms with van der Waals surface area (Å²) in [6, 6.07) is 6.72. The molecule has 1 amide bonds. The van der Waals surface area contributed by atoms with Crippen molar-refractivity contribution in [2.24, 2.45) is 0 Å². The summed E-state index contributed by atoms with van der Waals surface area (Å²) in [4.78, 5) is 18.4. The number of halogens is 1. The first-order chi connectivity index (χ1) is 10.2. The van der Waals surface area contributed by atoms with Crippen molar-refractivity contribution in [3.05, 3.63) is 41.4 Å². The van der Waals surface area contributed by atoms with E-state index in [0.717, 1.165) is 18.9 Å². The van der Waals surface area contributed by atoms with E-state index in [0.29, 0.717) is 18.9 Å². The number of morpholine rings is 1. The molecule has 3 rings (SSSR count). The summed E-state index contributed by atoms with van der Waals surface area (Å²) < 4.78 is 10.3. The number of amides is 1. The molecule has 7 heteroatoms. The third-order valence-electron chi connectivity index (χ3n) is 3.14. The molecule has 2 aromatic rings. The van der Waals surface area contributed by atoms with E-state index in [1.165, 1.54) is 12.1 Å². The average Bonchev–Trinajstić information content (AvgIpc) is 2.96. The number of hydrogen-bond acceptors (Lipinski definition) is 5. The first-order valence-corrected chi connectivity index (χ1v) is 6.95. The molecule has 0 radical (unpaired) electrons. The Bertz CT molecular complexity index is 621. The molecule has 3 heterocycles. The van der Waals surface area contributed by atoms with Crippen LogP contribution in [0.4, 0.5) is 11.5 Å². The smallest absolute Gasteiger partial charge is 0.291 e. The van der Waals surface area contributed by atoms with Crippen LogP contribution in [0.1, 0.15) is 10.6 Å². The van der Waals surface area contributed by atoms with E-state index >= 15 is 0 Å². The van der Waals surface area contributed by atoms with Gasteiger partial charge in [-0.3, -0.25) is 4.79 Å². The fraction of sp³-hybridized carbons (Fsp3) is 0.286. The zero-order valence-electron chi connectivity index (χ0n) is 11.2. The number of ether oxygens (including phenoxy) is 1. The van der Waals surface area contributed by atoms with Crippen LogP contribution < -0.4 is 10.2 Å². The molecule has 0 aromatic carbocycles. The van der Waals surface area contributed by atoms with E-state index in [2.05, 4.69) is 15.2 Å². The van der Waals surface area contributed by atoms with Gasteiger partial charge in [0.15, 0.2) is 11.0 Å². The topological polar surface area (TPSA) is 67.6 Å². The van der Waals surface area contributed by atoms with Crippen LogP contribution in [0.2, 0.25) is 5.22 Å². The lowest BCUT2D eigenvalue weighted by Crippen LogP contribution is -2.36. The van der Waals surface area contributed by atoms with Crippen molar-refractivity contribution in [2.75, 3.05) is 36.5 Å². The number of rotatable bonds is 3. The van der Waals surface area contributed by atoms with Gasteiger partial charge in [-0.15, -0.1) is 0 Å². The van der Waals surface area contributed by atoms with Gasteiger partial charge in [0.05, 0.1) is 25.1 Å². The van der Waals surface area contributed by atoms with Crippen molar-refractivity contribution in [1.29, 1.82) is 0 Å². The Morgan fingerprint density at radius 3 is 2.67 bits per heavy atom. The van der Waals surface area contributed by atoms with Crippen molar-refractivity contribution in [2.45, 2.75) is 0 Å². The Morgan fingerprint density at radius 1 is 1.24 bits per heavy atom. The lowest BCUT2D eigenvalue weighted by atomic mass is 10.3. The molecular weight excluding hydrogens is 294 g/mol. The minimum Gasteiger partial charge on any atom is -0.440 e. The molecule has 2 aromatic heterocycles. The summed E-state index contributed by atoms with van der Waals surface area (Å²) in [7, 11) is 0. The lowest BCUT2D eigenvalue weighted by Gasteiger charge is -2.27. The SMILES string of the molecule is O=C(Nc1ccc(N2CCOCC2)nc1)c1ccc(Cl)o1. The highest BCUT2D eigenvalue weighted by Gasteiger charge is 2.13. The molecule has 0 saturated carbocycles. The summed E-state index contributed by atoms with van der Waals surface area (Å²) in [5.74, 6) is 0.678. The van der Waals surface area contributed by atoms with Crippen molar-refractivity contribution >= 4 is 29.0 Å². The van der Waals surface area contributed by atoms with E-state index in [9.17, 15) is 4.79 Å². The fourth-order valence-electron chi connectivity index (χ4n) is 2.07. The van der Waals surface area contributed by atoms with Crippen molar-refractivity contribution < 1.29 is 13.9 Å². The first-order valence-electron chi connectivity index (χ1n) is 6.58. The monoisotopic (exact) mass is 307 g/mol. The van der Waals surface area contributed by atoms with Gasteiger partial charge in [0.1, 0.15) is 5.82 Å². The second kappa shape index (κ2) is 6.15. The highest BCUT2D eigenvalue weighted by Crippen LogP contribution is 2.17. The molecule has 0 spiro atoms. The van der Waals surface area contributed by atoms with Crippen LogP contribution >= 0.6 is 11.6 Å². The largest absolute Gasteiger partial charge is 0.440 e. The second-order valence-corrected chi connectivity index (χ2v) is 4.93. The van der Waals surface area contributed by atoms with E-state index in [4.69, 9.17) is 20.8 Å². The Balaban J connectivity index is 1.65. The van der Waals surface area contributed by atoms with Crippen LogP contribution in [0.3, 0.4) is 0 Å². The molecule has 1 fully saturated rings. The predicted molar refractivity (Wildman–Crippen MR) is 78.9 cm³/mol. The highest BCUT2D eigenvalue weighted by molar-refractivity contribution is 6.29. The maximum Gasteiger partial charge on any atom is 0.291 e. The van der Waals surface area contributed by atoms with E-state index < -0.39 is 0 Å². The highest BCUT2D eigenvalue weighted by atomic mass is 35.5. The fourth-order valence-corrected chi connectivity index (χ4v) is 2.21. The number of carbonyl (C=O) groups is 1. The molecule has 6 nitrogen and oxygen atoms in total. The number of furan rings is 1. The van der Waals surface area contributed by atoms with Gasteiger partial charge in [-0.2, -0.15) is 0 Å². The molecule has 0 aliphatic carbocycles. The molecule has 21 heavy (non-hydrogen) atoms. The van der Waals surface area contributed by atoms with Gasteiger partial charge < -0.3 is 19.4 Å². The molecule has 110 valence electrons. The van der Waals surface area contributed by atoms with Crippen LogP contribution in [-0.4, -0.2) is 37.2 Å². The van der Waals surface area contributed by atoms with Crippen molar-refractivity contribution in [1.82, 2.24) is 4.98 Å². The summed E-state index contributed by atoms with van der Waals surface area (Å²) in [5, 5.41) is 2.89. The van der Waals surface area contributed by atoms with Crippen LogP contribution in [0.25, 0.3) is 0 Å². The van der Waals surface area contributed by atoms with E-state index in [1.807, 2.05) is 6.07 Å². The van der Waals surface area contributed by atoms with Gasteiger partial charge in [-0.25, -0.2) is 4.98 Å². The molecule has 0 atom stereocenters. The number of aromatic nitrogens is 1. The first kappa shape index (κ1) is 13.9. The molecular formula is C14H14ClN3O3. The van der Waals surface area contributed by atoms with Gasteiger partial charge in [0, 0.05) is 13.1 Å². The predicted octanol–water partition coefficient (Wildman–Crippen LogP) is 2.42. The number of carbonyl (C=O) groups excluding carboxylic acids is 1. The van der Waals surface area contributed by atoms with Crippen LogP contribution in [0.15, 0.2) is 34.9 Å². The van der Waals surface area contributed by atoms with Crippen LogP contribution in [0.5, 0.6) is 0 Å². The zero-order valence-corrected chi connectivity index (χ0v) is 12.0. The minimum absolute atomic E-state index is 0.164. The van der Waals surface area contributed by atoms with Crippen LogP contribution in [-0.2, 0) is 4.74 Å². The third kappa shape index (κ3) is 3.34. The number of hydrogen-bond donors (Lipinski definition) is 1. The molecule has 1 aliphatic rings. The Hall–Kier alpha value is -2.05. The number of nitrogens with one attached hydrogen (secondary N) is 1. The van der Waals surface area contributed by atoms with E-state index in [1.54, 1.807) is 12.3 Å². The number of anilines is 2. The maximum absolute atomic E-state index is 11.9. The van der Waals surface area contributed by atoms with Gasteiger partial charge in [-0.1, -0.05) is 0 Å². The van der Waals surface area contributed by atoms with Gasteiger partial charge in [0.2, 0.25) is 0 Å². The number of nitrogens with zero attached hydrogens (tertiary/aromatic N) is 2. The summed E-state index contributed by atoms with van der Waals surface area (Å²) >= 11 is 5.64. The molecule has 1 aliphatic heterocycles. The van der Waals surface area contributed by atoms with Crippen molar-refractivity contribution in [3.8, 4) is 0 Å². The maximum atomic E-state index is 11.9. The van der Waals surface area contributed by atoms with Crippen LogP contribution in [0, 0.1) is 0 Å². The molecule has 0 bridgehead atoms. The summed E-state index contributed by atoms with van der Waals surface area (Å²) in [6.07, 6.45) is 1.62. The Kier molecular flexibility index (Phi) is 4.08. The van der Waals surface area contributed by atoms with Gasteiger partial charge in [0.25, 0.3) is 5.91 Å². The summed E-state index contributed by atoms with van der Waals surface area (Å²) in [5.41, 5.74) is 0.601. The third-order valence-corrected chi connectivity index (χ3v) is 3.34. The average molecular weight is 308 g/mol. The standard InChI is InChI=1S/C14H14ClN3O3/c15-12-3-2-11(21-12)14(19)17-10-1-4-13(16-9-10)18-5-7-20-8-6-18/h1-4,9H,5-8H2,(H,17,19). The molecule has 1 saturated heterocycles. The molecule has 1 N–H and O–H groups in total. The normalized spacial score (nSPS) is 15.0. The van der Waals surface area contributed by atoms with Gasteiger partial charge in [-0.05, 0) is 35.9 Å². The van der Waals surface area contributed by atoms with E-state index in [-0.39, 0.29) is 16.9 Å². The summed E-state index contributed by atoms with van der Waals surface area (Å²) in [6.45, 7) is 3.06. The number of pyridine rings is 1. The minimum atomic E-state index is -0.358. The second-order valence-electron chi connectivity index (χ2n) is 4.56. The lowest BCUT2D eigenvalue weighted by molar-refractivity contribution is 0.0996.